The lowest BCUT2D eigenvalue weighted by Gasteiger charge is -2.49. The zero-order chi connectivity index (χ0) is 22.9. The van der Waals surface area contributed by atoms with Crippen molar-refractivity contribution in [2.24, 2.45) is 5.92 Å². The van der Waals surface area contributed by atoms with E-state index in [0.29, 0.717) is 12.5 Å². The van der Waals surface area contributed by atoms with Gasteiger partial charge in [-0.25, -0.2) is 4.79 Å². The molecule has 2 aromatic rings. The maximum Gasteiger partial charge on any atom is 0.320 e. The molecule has 176 valence electrons. The molecule has 2 saturated carbocycles. The number of ether oxygens (including phenoxy) is 1. The molecule has 0 bridgehead atoms. The second-order valence-corrected chi connectivity index (χ2v) is 10.3. The van der Waals surface area contributed by atoms with Crippen molar-refractivity contribution in [2.45, 2.75) is 62.6 Å². The van der Waals surface area contributed by atoms with Gasteiger partial charge in [0.2, 0.25) is 0 Å². The minimum absolute atomic E-state index is 0.00109. The van der Waals surface area contributed by atoms with Gasteiger partial charge < -0.3 is 19.9 Å². The van der Waals surface area contributed by atoms with Crippen LogP contribution in [0.15, 0.2) is 54.6 Å². The molecule has 1 aliphatic heterocycles. The summed E-state index contributed by atoms with van der Waals surface area (Å²) in [6.07, 6.45) is 8.04. The number of hydrogen-bond acceptors (Lipinski definition) is 3. The number of benzene rings is 2. The van der Waals surface area contributed by atoms with Gasteiger partial charge in [0.1, 0.15) is 5.75 Å². The van der Waals surface area contributed by atoms with Crippen molar-refractivity contribution in [1.82, 2.24) is 15.1 Å². The number of hydrogen-bond donors (Lipinski definition) is 1. The third kappa shape index (κ3) is 4.12. The highest BCUT2D eigenvalue weighted by Gasteiger charge is 2.54. The largest absolute Gasteiger partial charge is 0.497 e. The van der Waals surface area contributed by atoms with E-state index in [1.165, 1.54) is 24.8 Å². The Hall–Kier alpha value is -2.53. The Bertz CT molecular complexity index is 947. The van der Waals surface area contributed by atoms with E-state index in [0.717, 1.165) is 50.1 Å². The summed E-state index contributed by atoms with van der Waals surface area (Å²) < 4.78 is 5.30. The molecule has 0 unspecified atom stereocenters. The molecule has 2 amide bonds. The fraction of sp³-hybridized carbons (Fsp3) is 0.536. The molecule has 0 radical (unpaired) electrons. The predicted molar refractivity (Wildman–Crippen MR) is 131 cm³/mol. The van der Waals surface area contributed by atoms with E-state index < -0.39 is 0 Å². The van der Waals surface area contributed by atoms with E-state index in [1.54, 1.807) is 7.11 Å². The molecule has 3 aliphatic rings. The summed E-state index contributed by atoms with van der Waals surface area (Å²) in [6, 6.07) is 19.2. The Morgan fingerprint density at radius 2 is 1.70 bits per heavy atom. The van der Waals surface area contributed by atoms with Crippen molar-refractivity contribution in [3.05, 3.63) is 65.7 Å². The summed E-state index contributed by atoms with van der Waals surface area (Å²) in [7, 11) is 3.78. The minimum Gasteiger partial charge on any atom is -0.497 e. The van der Waals surface area contributed by atoms with Crippen LogP contribution in [-0.2, 0) is 12.1 Å². The standard InChI is InChI=1S/C28H37N3O2/c1-29-28(24-9-4-3-5-10-24)17-15-27(16-18-28)21-30(19-23-11-13-25(33-2)14-12-23)26(32)31(27)20-22-7-6-8-22/h3-5,9-14,22,29H,6-8,15-21H2,1-2H3. The fourth-order valence-corrected chi connectivity index (χ4v) is 6.17. The average Bonchev–Trinajstić information content (AvgIpc) is 3.08. The number of rotatable bonds is 7. The van der Waals surface area contributed by atoms with Crippen molar-refractivity contribution < 1.29 is 9.53 Å². The van der Waals surface area contributed by atoms with Gasteiger partial charge in [-0.3, -0.25) is 0 Å². The molecular formula is C28H37N3O2. The van der Waals surface area contributed by atoms with Gasteiger partial charge in [0.15, 0.2) is 0 Å². The van der Waals surface area contributed by atoms with Crippen molar-refractivity contribution in [1.29, 1.82) is 0 Å². The first-order valence-electron chi connectivity index (χ1n) is 12.5. The number of nitrogens with zero attached hydrogens (tertiary/aromatic N) is 2. The minimum atomic E-state index is -0.0473. The molecule has 1 heterocycles. The Kier molecular flexibility index (Phi) is 6.09. The third-order valence-electron chi connectivity index (χ3n) is 8.60. The van der Waals surface area contributed by atoms with Crippen LogP contribution in [0.25, 0.3) is 0 Å². The van der Waals surface area contributed by atoms with Crippen LogP contribution < -0.4 is 10.1 Å². The Balaban J connectivity index is 1.36. The highest BCUT2D eigenvalue weighted by molar-refractivity contribution is 5.78. The quantitative estimate of drug-likeness (QED) is 0.638. The Morgan fingerprint density at radius 3 is 2.27 bits per heavy atom. The first-order valence-corrected chi connectivity index (χ1v) is 12.5. The van der Waals surface area contributed by atoms with E-state index in [9.17, 15) is 4.79 Å². The van der Waals surface area contributed by atoms with Crippen LogP contribution in [0.3, 0.4) is 0 Å². The van der Waals surface area contributed by atoms with Gasteiger partial charge in [0.05, 0.1) is 12.6 Å². The van der Waals surface area contributed by atoms with Crippen LogP contribution in [0.2, 0.25) is 0 Å². The van der Waals surface area contributed by atoms with Gasteiger partial charge in [-0.1, -0.05) is 48.9 Å². The smallest absolute Gasteiger partial charge is 0.320 e. The summed E-state index contributed by atoms with van der Waals surface area (Å²) in [5, 5.41) is 3.66. The lowest BCUT2D eigenvalue weighted by atomic mass is 9.68. The number of nitrogens with one attached hydrogen (secondary N) is 1. The van der Waals surface area contributed by atoms with Gasteiger partial charge in [0.25, 0.3) is 0 Å². The first-order chi connectivity index (χ1) is 16.1. The highest BCUT2D eigenvalue weighted by atomic mass is 16.5. The molecule has 1 spiro atoms. The topological polar surface area (TPSA) is 44.8 Å². The molecule has 1 saturated heterocycles. The van der Waals surface area contributed by atoms with Crippen molar-refractivity contribution in [3.8, 4) is 5.75 Å². The average molecular weight is 448 g/mol. The maximum atomic E-state index is 13.7. The van der Waals surface area contributed by atoms with Gasteiger partial charge >= 0.3 is 6.03 Å². The molecule has 0 atom stereocenters. The number of carbonyl (C=O) groups excluding carboxylic acids is 1. The lowest BCUT2D eigenvalue weighted by Crippen LogP contribution is -2.56. The second kappa shape index (κ2) is 9.02. The maximum absolute atomic E-state index is 13.7. The molecule has 33 heavy (non-hydrogen) atoms. The van der Waals surface area contributed by atoms with Gasteiger partial charge in [-0.05, 0) is 74.8 Å². The number of urea groups is 1. The molecule has 2 aromatic carbocycles. The van der Waals surface area contributed by atoms with E-state index in [2.05, 4.69) is 64.6 Å². The van der Waals surface area contributed by atoms with Crippen molar-refractivity contribution in [2.75, 3.05) is 27.2 Å². The number of carbonyl (C=O) groups is 1. The number of amides is 2. The van der Waals surface area contributed by atoms with E-state index >= 15 is 0 Å². The monoisotopic (exact) mass is 447 g/mol. The molecule has 1 N–H and O–H groups in total. The first kappa shape index (κ1) is 22.3. The third-order valence-corrected chi connectivity index (χ3v) is 8.60. The second-order valence-electron chi connectivity index (χ2n) is 10.3. The van der Waals surface area contributed by atoms with E-state index in [4.69, 9.17) is 4.74 Å². The van der Waals surface area contributed by atoms with Crippen LogP contribution in [0.4, 0.5) is 4.79 Å². The van der Waals surface area contributed by atoms with Crippen LogP contribution >= 0.6 is 0 Å². The molecule has 2 aliphatic carbocycles. The van der Waals surface area contributed by atoms with Crippen LogP contribution in [0.5, 0.6) is 5.75 Å². The molecule has 0 aromatic heterocycles. The number of methoxy groups -OCH3 is 1. The van der Waals surface area contributed by atoms with Crippen molar-refractivity contribution >= 4 is 6.03 Å². The molecule has 3 fully saturated rings. The van der Waals surface area contributed by atoms with Crippen LogP contribution in [0, 0.1) is 5.92 Å². The SMILES string of the molecule is CNC1(c2ccccc2)CCC2(CC1)CN(Cc1ccc(OC)cc1)C(=O)N2CC1CCC1. The summed E-state index contributed by atoms with van der Waals surface area (Å²) in [6.45, 7) is 2.43. The van der Waals surface area contributed by atoms with E-state index in [-0.39, 0.29) is 17.1 Å². The summed E-state index contributed by atoms with van der Waals surface area (Å²) in [5.41, 5.74) is 2.48. The van der Waals surface area contributed by atoms with Crippen molar-refractivity contribution in [3.63, 3.8) is 0 Å². The zero-order valence-electron chi connectivity index (χ0n) is 20.1. The summed E-state index contributed by atoms with van der Waals surface area (Å²) in [4.78, 5) is 18.1. The normalized spacial score (nSPS) is 27.8. The zero-order valence-corrected chi connectivity index (χ0v) is 20.1. The molecule has 5 nitrogen and oxygen atoms in total. The Labute approximate surface area is 198 Å². The van der Waals surface area contributed by atoms with Gasteiger partial charge in [0, 0.05) is 25.2 Å². The molecule has 5 rings (SSSR count). The molecule has 5 heteroatoms. The van der Waals surface area contributed by atoms with Gasteiger partial charge in [-0.2, -0.15) is 0 Å². The summed E-state index contributed by atoms with van der Waals surface area (Å²) >= 11 is 0. The van der Waals surface area contributed by atoms with Crippen LogP contribution in [-0.4, -0.2) is 48.6 Å². The van der Waals surface area contributed by atoms with E-state index in [1.807, 2.05) is 12.1 Å². The van der Waals surface area contributed by atoms with Gasteiger partial charge in [-0.15, -0.1) is 0 Å². The highest BCUT2D eigenvalue weighted by Crippen LogP contribution is 2.47. The lowest BCUT2D eigenvalue weighted by molar-refractivity contribution is 0.0584. The summed E-state index contributed by atoms with van der Waals surface area (Å²) in [5.74, 6) is 1.53. The van der Waals surface area contributed by atoms with Crippen LogP contribution in [0.1, 0.15) is 56.1 Å². The Morgan fingerprint density at radius 1 is 1.00 bits per heavy atom. The molecular weight excluding hydrogens is 410 g/mol. The fourth-order valence-electron chi connectivity index (χ4n) is 6.17. The predicted octanol–water partition coefficient (Wildman–Crippen LogP) is 5.16.